The number of hydrogen-bond acceptors (Lipinski definition) is 3. The number of nitrogens with zero attached hydrogens (tertiary/aromatic N) is 1. The number of likely N-dealkylation sites (tertiary alicyclic amines) is 1. The minimum atomic E-state index is 0. The Kier molecular flexibility index (Phi) is 9.50. The van der Waals surface area contributed by atoms with E-state index in [4.69, 9.17) is 4.74 Å². The lowest BCUT2D eigenvalue weighted by molar-refractivity contribution is -0.133. The number of amides is 1. The maximum Gasteiger partial charge on any atom is 0.224 e. The lowest BCUT2D eigenvalue weighted by atomic mass is 9.97. The highest BCUT2D eigenvalue weighted by atomic mass is 35.5. The Balaban J connectivity index is 0.00000256. The van der Waals surface area contributed by atoms with Gasteiger partial charge in [-0.05, 0) is 39.3 Å². The average molecular weight is 265 g/mol. The zero-order chi connectivity index (χ0) is 11.8. The summed E-state index contributed by atoms with van der Waals surface area (Å²) in [5.74, 6) is 0.984. The second kappa shape index (κ2) is 9.68. The smallest absolute Gasteiger partial charge is 0.224 e. The number of halogens is 1. The van der Waals surface area contributed by atoms with Crippen molar-refractivity contribution in [3.63, 3.8) is 0 Å². The molecule has 1 heterocycles. The standard InChI is InChI=1S/C12H24N2O2.ClH/c1-3-16-9-6-12(15)14-7-4-11(5-8-14)10-13-2;/h11,13H,3-10H2,1-2H3;1H. The van der Waals surface area contributed by atoms with E-state index in [0.717, 1.165) is 38.4 Å². The van der Waals surface area contributed by atoms with Crippen molar-refractivity contribution in [2.45, 2.75) is 26.2 Å². The van der Waals surface area contributed by atoms with Crippen LogP contribution in [0.5, 0.6) is 0 Å². The van der Waals surface area contributed by atoms with Crippen LogP contribution in [0.1, 0.15) is 26.2 Å². The zero-order valence-electron chi connectivity index (χ0n) is 10.9. The number of hydrogen-bond donors (Lipinski definition) is 1. The molecule has 1 saturated heterocycles. The van der Waals surface area contributed by atoms with Gasteiger partial charge in [0.1, 0.15) is 0 Å². The second-order valence-electron chi connectivity index (χ2n) is 4.33. The molecule has 0 aromatic rings. The van der Waals surface area contributed by atoms with E-state index in [-0.39, 0.29) is 18.3 Å². The van der Waals surface area contributed by atoms with Crippen molar-refractivity contribution in [3.8, 4) is 0 Å². The van der Waals surface area contributed by atoms with Crippen LogP contribution in [0.3, 0.4) is 0 Å². The van der Waals surface area contributed by atoms with Gasteiger partial charge in [0.2, 0.25) is 5.91 Å². The van der Waals surface area contributed by atoms with Gasteiger partial charge in [-0.2, -0.15) is 0 Å². The van der Waals surface area contributed by atoms with E-state index in [2.05, 4.69) is 5.32 Å². The molecule has 0 aromatic carbocycles. The van der Waals surface area contributed by atoms with Gasteiger partial charge in [0.05, 0.1) is 13.0 Å². The Morgan fingerprint density at radius 1 is 1.41 bits per heavy atom. The Hall–Kier alpha value is -0.320. The summed E-state index contributed by atoms with van der Waals surface area (Å²) in [4.78, 5) is 13.7. The van der Waals surface area contributed by atoms with Gasteiger partial charge in [-0.25, -0.2) is 0 Å². The highest BCUT2D eigenvalue weighted by Crippen LogP contribution is 2.16. The molecule has 0 atom stereocenters. The average Bonchev–Trinajstić information content (AvgIpc) is 2.30. The van der Waals surface area contributed by atoms with Gasteiger partial charge in [-0.3, -0.25) is 4.79 Å². The van der Waals surface area contributed by atoms with Crippen molar-refractivity contribution < 1.29 is 9.53 Å². The Bertz CT molecular complexity index is 207. The maximum atomic E-state index is 11.8. The van der Waals surface area contributed by atoms with Crippen molar-refractivity contribution in [2.75, 3.05) is 39.9 Å². The predicted octanol–water partition coefficient (Wildman–Crippen LogP) is 1.29. The molecular weight excluding hydrogens is 240 g/mol. The molecule has 1 fully saturated rings. The quantitative estimate of drug-likeness (QED) is 0.735. The number of carbonyl (C=O) groups is 1. The number of rotatable bonds is 6. The Morgan fingerprint density at radius 3 is 2.59 bits per heavy atom. The summed E-state index contributed by atoms with van der Waals surface area (Å²) in [6, 6.07) is 0. The van der Waals surface area contributed by atoms with E-state index in [1.807, 2.05) is 18.9 Å². The lowest BCUT2D eigenvalue weighted by Crippen LogP contribution is -2.40. The van der Waals surface area contributed by atoms with Gasteiger partial charge >= 0.3 is 0 Å². The third-order valence-electron chi connectivity index (χ3n) is 3.12. The summed E-state index contributed by atoms with van der Waals surface area (Å²) < 4.78 is 5.20. The van der Waals surface area contributed by atoms with E-state index in [1.165, 1.54) is 0 Å². The molecule has 0 aliphatic carbocycles. The van der Waals surface area contributed by atoms with E-state index < -0.39 is 0 Å². The van der Waals surface area contributed by atoms with Crippen molar-refractivity contribution in [1.29, 1.82) is 0 Å². The monoisotopic (exact) mass is 264 g/mol. The van der Waals surface area contributed by atoms with Gasteiger partial charge in [-0.15, -0.1) is 12.4 Å². The molecule has 1 rings (SSSR count). The molecule has 0 radical (unpaired) electrons. The molecule has 1 amide bonds. The molecular formula is C12H25ClN2O2. The Morgan fingerprint density at radius 2 is 2.06 bits per heavy atom. The van der Waals surface area contributed by atoms with Gasteiger partial charge in [-0.1, -0.05) is 0 Å². The van der Waals surface area contributed by atoms with Crippen LogP contribution >= 0.6 is 12.4 Å². The maximum absolute atomic E-state index is 11.8. The molecule has 4 nitrogen and oxygen atoms in total. The predicted molar refractivity (Wildman–Crippen MR) is 71.6 cm³/mol. The van der Waals surface area contributed by atoms with Crippen LogP contribution in [0.2, 0.25) is 0 Å². The molecule has 0 bridgehead atoms. The van der Waals surface area contributed by atoms with Gasteiger partial charge in [0, 0.05) is 19.7 Å². The SMILES string of the molecule is CCOCCC(=O)N1CCC(CNC)CC1.Cl. The van der Waals surface area contributed by atoms with E-state index in [9.17, 15) is 4.79 Å². The van der Waals surface area contributed by atoms with E-state index >= 15 is 0 Å². The summed E-state index contributed by atoms with van der Waals surface area (Å²) in [7, 11) is 1.99. The molecule has 1 aliphatic rings. The highest BCUT2D eigenvalue weighted by molar-refractivity contribution is 5.85. The van der Waals surface area contributed by atoms with Crippen LogP contribution in [-0.2, 0) is 9.53 Å². The van der Waals surface area contributed by atoms with Crippen molar-refractivity contribution in [2.24, 2.45) is 5.92 Å². The van der Waals surface area contributed by atoms with Crippen molar-refractivity contribution in [1.82, 2.24) is 10.2 Å². The molecule has 1 N–H and O–H groups in total. The van der Waals surface area contributed by atoms with Crippen LogP contribution < -0.4 is 5.32 Å². The van der Waals surface area contributed by atoms with Crippen molar-refractivity contribution >= 4 is 18.3 Å². The summed E-state index contributed by atoms with van der Waals surface area (Å²) in [5.41, 5.74) is 0. The minimum absolute atomic E-state index is 0. The summed E-state index contributed by atoms with van der Waals surface area (Å²) in [5, 5.41) is 3.20. The minimum Gasteiger partial charge on any atom is -0.381 e. The summed E-state index contributed by atoms with van der Waals surface area (Å²) in [6.45, 7) is 6.10. The normalized spacial score (nSPS) is 16.7. The van der Waals surface area contributed by atoms with Crippen LogP contribution in [0.4, 0.5) is 0 Å². The number of nitrogens with one attached hydrogen (secondary N) is 1. The lowest BCUT2D eigenvalue weighted by Gasteiger charge is -2.32. The molecule has 1 aliphatic heterocycles. The number of piperidine rings is 1. The first-order chi connectivity index (χ1) is 7.77. The van der Waals surface area contributed by atoms with Gasteiger partial charge in [0.15, 0.2) is 0 Å². The Labute approximate surface area is 110 Å². The first-order valence-electron chi connectivity index (χ1n) is 6.28. The molecule has 0 saturated carbocycles. The molecule has 0 aromatic heterocycles. The molecule has 0 spiro atoms. The third-order valence-corrected chi connectivity index (χ3v) is 3.12. The molecule has 102 valence electrons. The number of ether oxygens (including phenoxy) is 1. The summed E-state index contributed by atoms with van der Waals surface area (Å²) in [6.07, 6.45) is 2.78. The fourth-order valence-electron chi connectivity index (χ4n) is 2.14. The van der Waals surface area contributed by atoms with Gasteiger partial charge in [0.25, 0.3) is 0 Å². The fraction of sp³-hybridized carbons (Fsp3) is 0.917. The largest absolute Gasteiger partial charge is 0.381 e. The first-order valence-corrected chi connectivity index (χ1v) is 6.28. The topological polar surface area (TPSA) is 41.6 Å². The van der Waals surface area contributed by atoms with Crippen LogP contribution in [-0.4, -0.2) is 50.7 Å². The molecule has 17 heavy (non-hydrogen) atoms. The molecule has 0 unspecified atom stereocenters. The molecule has 5 heteroatoms. The zero-order valence-corrected chi connectivity index (χ0v) is 11.7. The number of carbonyl (C=O) groups excluding carboxylic acids is 1. The van der Waals surface area contributed by atoms with Crippen LogP contribution in [0.25, 0.3) is 0 Å². The second-order valence-corrected chi connectivity index (χ2v) is 4.33. The fourth-order valence-corrected chi connectivity index (χ4v) is 2.14. The third kappa shape index (κ3) is 6.24. The van der Waals surface area contributed by atoms with Crippen LogP contribution in [0, 0.1) is 5.92 Å². The van der Waals surface area contributed by atoms with Crippen molar-refractivity contribution in [3.05, 3.63) is 0 Å². The van der Waals surface area contributed by atoms with E-state index in [1.54, 1.807) is 0 Å². The highest BCUT2D eigenvalue weighted by Gasteiger charge is 2.21. The first kappa shape index (κ1) is 16.7. The van der Waals surface area contributed by atoms with Crippen LogP contribution in [0.15, 0.2) is 0 Å². The van der Waals surface area contributed by atoms with Gasteiger partial charge < -0.3 is 15.0 Å². The van der Waals surface area contributed by atoms with E-state index in [0.29, 0.717) is 19.6 Å². The summed E-state index contributed by atoms with van der Waals surface area (Å²) >= 11 is 0.